The Bertz CT molecular complexity index is 799. The Morgan fingerprint density at radius 1 is 1.20 bits per heavy atom. The summed E-state index contributed by atoms with van der Waals surface area (Å²) in [6.45, 7) is 0.716. The van der Waals surface area contributed by atoms with E-state index in [0.717, 1.165) is 18.2 Å². The summed E-state index contributed by atoms with van der Waals surface area (Å²) in [5, 5.41) is 16.4. The maximum atomic E-state index is 13.2. The SMILES string of the molecule is COCCNc1ccc(C(=O)Nc2ccc(F)c(F)c2)cc1[N+](=O)[O-]. The summed E-state index contributed by atoms with van der Waals surface area (Å²) >= 11 is 0. The maximum absolute atomic E-state index is 13.2. The molecular formula is C16H15F2N3O4. The van der Waals surface area contributed by atoms with Gasteiger partial charge < -0.3 is 15.4 Å². The zero-order valence-electron chi connectivity index (χ0n) is 13.2. The van der Waals surface area contributed by atoms with Crippen molar-refractivity contribution in [1.29, 1.82) is 0 Å². The number of methoxy groups -OCH3 is 1. The third-order valence-electron chi connectivity index (χ3n) is 3.26. The first kappa shape index (κ1) is 18.3. The monoisotopic (exact) mass is 351 g/mol. The van der Waals surface area contributed by atoms with E-state index in [2.05, 4.69) is 10.6 Å². The second kappa shape index (κ2) is 8.15. The molecule has 0 unspecified atom stereocenters. The first-order valence-electron chi connectivity index (χ1n) is 7.20. The number of carbonyl (C=O) groups excluding carboxylic acids is 1. The molecule has 0 fully saturated rings. The van der Waals surface area contributed by atoms with Crippen molar-refractivity contribution < 1.29 is 23.2 Å². The number of amides is 1. The summed E-state index contributed by atoms with van der Waals surface area (Å²) in [7, 11) is 1.50. The first-order valence-corrected chi connectivity index (χ1v) is 7.20. The van der Waals surface area contributed by atoms with Crippen LogP contribution in [0.5, 0.6) is 0 Å². The van der Waals surface area contributed by atoms with E-state index in [0.29, 0.717) is 13.2 Å². The van der Waals surface area contributed by atoms with E-state index >= 15 is 0 Å². The Balaban J connectivity index is 2.20. The predicted octanol–water partition coefficient (Wildman–Crippen LogP) is 3.18. The van der Waals surface area contributed by atoms with Crippen LogP contribution in [0, 0.1) is 21.7 Å². The summed E-state index contributed by atoms with van der Waals surface area (Å²) in [6.07, 6.45) is 0. The molecule has 2 N–H and O–H groups in total. The highest BCUT2D eigenvalue weighted by atomic mass is 19.2. The number of ether oxygens (including phenoxy) is 1. The van der Waals surface area contributed by atoms with Crippen molar-refractivity contribution in [3.05, 3.63) is 63.7 Å². The molecule has 132 valence electrons. The molecule has 0 heterocycles. The summed E-state index contributed by atoms with van der Waals surface area (Å²) in [6, 6.07) is 6.76. The highest BCUT2D eigenvalue weighted by Crippen LogP contribution is 2.26. The van der Waals surface area contributed by atoms with E-state index in [1.807, 2.05) is 0 Å². The molecule has 0 bridgehead atoms. The lowest BCUT2D eigenvalue weighted by Gasteiger charge is -2.09. The van der Waals surface area contributed by atoms with Gasteiger partial charge in [0.25, 0.3) is 11.6 Å². The van der Waals surface area contributed by atoms with Crippen molar-refractivity contribution >= 4 is 23.0 Å². The highest BCUT2D eigenvalue weighted by molar-refractivity contribution is 6.05. The van der Waals surface area contributed by atoms with E-state index in [1.165, 1.54) is 25.3 Å². The first-order chi connectivity index (χ1) is 11.9. The summed E-state index contributed by atoms with van der Waals surface area (Å²) in [5.41, 5.74) is 0.00282. The van der Waals surface area contributed by atoms with Crippen molar-refractivity contribution in [2.24, 2.45) is 0 Å². The lowest BCUT2D eigenvalue weighted by atomic mass is 10.1. The second-order valence-corrected chi connectivity index (χ2v) is 4.99. The third-order valence-corrected chi connectivity index (χ3v) is 3.26. The summed E-state index contributed by atoms with van der Waals surface area (Å²) < 4.78 is 30.9. The van der Waals surface area contributed by atoms with Crippen LogP contribution < -0.4 is 10.6 Å². The Morgan fingerprint density at radius 2 is 1.96 bits per heavy atom. The number of carbonyl (C=O) groups is 1. The fourth-order valence-electron chi connectivity index (χ4n) is 2.04. The maximum Gasteiger partial charge on any atom is 0.293 e. The molecule has 2 aromatic rings. The lowest BCUT2D eigenvalue weighted by molar-refractivity contribution is -0.384. The predicted molar refractivity (Wildman–Crippen MR) is 87.8 cm³/mol. The van der Waals surface area contributed by atoms with Crippen molar-refractivity contribution in [1.82, 2.24) is 0 Å². The molecule has 0 aliphatic carbocycles. The molecule has 0 spiro atoms. The molecule has 0 aliphatic rings. The molecule has 0 saturated heterocycles. The molecule has 0 aliphatic heterocycles. The summed E-state index contributed by atoms with van der Waals surface area (Å²) in [5.74, 6) is -2.83. The molecule has 0 radical (unpaired) electrons. The zero-order chi connectivity index (χ0) is 18.4. The second-order valence-electron chi connectivity index (χ2n) is 4.99. The molecular weight excluding hydrogens is 336 g/mol. The average molecular weight is 351 g/mol. The van der Waals surface area contributed by atoms with E-state index < -0.39 is 22.5 Å². The smallest absolute Gasteiger partial charge is 0.293 e. The van der Waals surface area contributed by atoms with Gasteiger partial charge in [0.15, 0.2) is 11.6 Å². The zero-order valence-corrected chi connectivity index (χ0v) is 13.2. The van der Waals surface area contributed by atoms with Gasteiger partial charge in [-0.3, -0.25) is 14.9 Å². The normalized spacial score (nSPS) is 10.4. The Morgan fingerprint density at radius 3 is 2.60 bits per heavy atom. The number of anilines is 2. The summed E-state index contributed by atoms with van der Waals surface area (Å²) in [4.78, 5) is 22.7. The van der Waals surface area contributed by atoms with Crippen molar-refractivity contribution in [3.8, 4) is 0 Å². The largest absolute Gasteiger partial charge is 0.383 e. The van der Waals surface area contributed by atoms with Crippen LogP contribution in [0.4, 0.5) is 25.8 Å². The van der Waals surface area contributed by atoms with Gasteiger partial charge in [-0.15, -0.1) is 0 Å². The number of hydrogen-bond donors (Lipinski definition) is 2. The minimum absolute atomic E-state index is 0.00808. The van der Waals surface area contributed by atoms with Crippen molar-refractivity contribution in [2.45, 2.75) is 0 Å². The Hall–Kier alpha value is -3.07. The molecule has 25 heavy (non-hydrogen) atoms. The number of nitrogens with zero attached hydrogens (tertiary/aromatic N) is 1. The van der Waals surface area contributed by atoms with E-state index in [1.54, 1.807) is 0 Å². The van der Waals surface area contributed by atoms with Gasteiger partial charge in [0.05, 0.1) is 11.5 Å². The van der Waals surface area contributed by atoms with Gasteiger partial charge in [-0.1, -0.05) is 0 Å². The van der Waals surface area contributed by atoms with E-state index in [-0.39, 0.29) is 22.6 Å². The standard InChI is InChI=1S/C16H15F2N3O4/c1-25-7-6-19-14-5-2-10(8-15(14)21(23)24)16(22)20-11-3-4-12(17)13(18)9-11/h2-5,8-9,19H,6-7H2,1H3,(H,20,22). The number of hydrogen-bond acceptors (Lipinski definition) is 5. The minimum atomic E-state index is -1.11. The van der Waals surface area contributed by atoms with Gasteiger partial charge in [0.1, 0.15) is 5.69 Å². The van der Waals surface area contributed by atoms with Crippen LogP contribution in [0.1, 0.15) is 10.4 Å². The van der Waals surface area contributed by atoms with Crippen LogP contribution in [0.15, 0.2) is 36.4 Å². The van der Waals surface area contributed by atoms with Crippen molar-refractivity contribution in [3.63, 3.8) is 0 Å². The topological polar surface area (TPSA) is 93.5 Å². The molecule has 0 atom stereocenters. The molecule has 1 amide bonds. The van der Waals surface area contributed by atoms with Gasteiger partial charge in [0.2, 0.25) is 0 Å². The van der Waals surface area contributed by atoms with Gasteiger partial charge in [-0.05, 0) is 24.3 Å². The number of halogens is 2. The van der Waals surface area contributed by atoms with Crippen LogP contribution >= 0.6 is 0 Å². The van der Waals surface area contributed by atoms with Crippen LogP contribution in [-0.2, 0) is 4.74 Å². The van der Waals surface area contributed by atoms with Gasteiger partial charge in [0, 0.05) is 37.0 Å². The molecule has 2 aromatic carbocycles. The van der Waals surface area contributed by atoms with Crippen LogP contribution in [0.25, 0.3) is 0 Å². The molecule has 9 heteroatoms. The number of benzene rings is 2. The van der Waals surface area contributed by atoms with Gasteiger partial charge in [-0.2, -0.15) is 0 Å². The molecule has 0 aromatic heterocycles. The van der Waals surface area contributed by atoms with Crippen molar-refractivity contribution in [2.75, 3.05) is 30.9 Å². The molecule has 2 rings (SSSR count). The quantitative estimate of drug-likeness (QED) is 0.454. The third kappa shape index (κ3) is 4.70. The number of nitro benzene ring substituents is 1. The van der Waals surface area contributed by atoms with Gasteiger partial charge >= 0.3 is 0 Å². The fourth-order valence-corrected chi connectivity index (χ4v) is 2.04. The average Bonchev–Trinajstić information content (AvgIpc) is 2.58. The Labute approximate surface area is 141 Å². The Kier molecular flexibility index (Phi) is 5.96. The number of nitro groups is 1. The van der Waals surface area contributed by atoms with E-state index in [4.69, 9.17) is 4.74 Å². The number of rotatable bonds is 7. The highest BCUT2D eigenvalue weighted by Gasteiger charge is 2.18. The number of nitrogens with one attached hydrogen (secondary N) is 2. The molecule has 0 saturated carbocycles. The van der Waals surface area contributed by atoms with Crippen LogP contribution in [-0.4, -0.2) is 31.1 Å². The van der Waals surface area contributed by atoms with Crippen LogP contribution in [0.2, 0.25) is 0 Å². The van der Waals surface area contributed by atoms with Gasteiger partial charge in [-0.25, -0.2) is 8.78 Å². The fraction of sp³-hybridized carbons (Fsp3) is 0.188. The minimum Gasteiger partial charge on any atom is -0.383 e. The lowest BCUT2D eigenvalue weighted by Crippen LogP contribution is -2.14. The van der Waals surface area contributed by atoms with E-state index in [9.17, 15) is 23.7 Å². The molecule has 7 nitrogen and oxygen atoms in total. The van der Waals surface area contributed by atoms with Crippen LogP contribution in [0.3, 0.4) is 0 Å².